The van der Waals surface area contributed by atoms with Crippen LogP contribution in [0.25, 0.3) is 0 Å². The highest BCUT2D eigenvalue weighted by atomic mass is 16.4. The van der Waals surface area contributed by atoms with Crippen molar-refractivity contribution in [3.8, 4) is 0 Å². The van der Waals surface area contributed by atoms with E-state index in [9.17, 15) is 14.4 Å². The summed E-state index contributed by atoms with van der Waals surface area (Å²) in [7, 11) is 0. The van der Waals surface area contributed by atoms with E-state index in [1.54, 1.807) is 0 Å². The molecule has 0 heterocycles. The molecule has 1 fully saturated rings. The van der Waals surface area contributed by atoms with Crippen LogP contribution < -0.4 is 10.6 Å². The Morgan fingerprint density at radius 2 is 1.86 bits per heavy atom. The summed E-state index contributed by atoms with van der Waals surface area (Å²) in [5, 5.41) is 22.8. The van der Waals surface area contributed by atoms with Gasteiger partial charge in [-0.3, -0.25) is 4.79 Å². The van der Waals surface area contributed by atoms with Crippen LogP contribution in [0.2, 0.25) is 0 Å². The zero-order valence-corrected chi connectivity index (χ0v) is 12.3. The molecule has 0 aromatic rings. The van der Waals surface area contributed by atoms with Crippen molar-refractivity contribution >= 4 is 18.0 Å². The molecule has 2 amide bonds. The number of carbonyl (C=O) groups is 3. The average Bonchev–Trinajstić information content (AvgIpc) is 2.39. The van der Waals surface area contributed by atoms with E-state index in [1.165, 1.54) is 0 Å². The summed E-state index contributed by atoms with van der Waals surface area (Å²) in [6.45, 7) is 2.08. The van der Waals surface area contributed by atoms with E-state index in [1.807, 2.05) is 0 Å². The lowest BCUT2D eigenvalue weighted by Gasteiger charge is -2.30. The summed E-state index contributed by atoms with van der Waals surface area (Å²) in [6, 6.07) is -1.47. The summed E-state index contributed by atoms with van der Waals surface area (Å²) in [5.41, 5.74) is 0. The zero-order chi connectivity index (χ0) is 15.8. The molecular weight excluding hydrogens is 276 g/mol. The first-order valence-electron chi connectivity index (χ1n) is 7.41. The summed E-state index contributed by atoms with van der Waals surface area (Å²) in [5.74, 6) is -1.73. The van der Waals surface area contributed by atoms with Gasteiger partial charge in [0.1, 0.15) is 6.04 Å². The van der Waals surface area contributed by atoms with Crippen molar-refractivity contribution < 1.29 is 24.6 Å². The largest absolute Gasteiger partial charge is 0.481 e. The standard InChI is InChI=1S/C14H24N2O5/c1-9-5-2-3-6-10(9)15-14(21)16-11(13(19)20)7-4-8-12(17)18/h9-11H,2-8H2,1H3,(H,17,18)(H,19,20)(H2,15,16,21)/t9?,10?,11-/m1/s1. The minimum absolute atomic E-state index is 0.0761. The average molecular weight is 300 g/mol. The summed E-state index contributed by atoms with van der Waals surface area (Å²) in [6.07, 6.45) is 4.41. The van der Waals surface area contributed by atoms with Crippen LogP contribution in [0.5, 0.6) is 0 Å². The molecule has 7 nitrogen and oxygen atoms in total. The molecule has 0 aliphatic heterocycles. The molecule has 3 atom stereocenters. The second-order valence-electron chi connectivity index (χ2n) is 5.66. The Balaban J connectivity index is 2.40. The molecular formula is C14H24N2O5. The Morgan fingerprint density at radius 3 is 2.43 bits per heavy atom. The van der Waals surface area contributed by atoms with Crippen molar-refractivity contribution in [2.75, 3.05) is 0 Å². The summed E-state index contributed by atoms with van der Waals surface area (Å²) < 4.78 is 0. The Kier molecular flexibility index (Phi) is 6.98. The monoisotopic (exact) mass is 300 g/mol. The van der Waals surface area contributed by atoms with Gasteiger partial charge in [-0.25, -0.2) is 9.59 Å². The fourth-order valence-electron chi connectivity index (χ4n) is 2.61. The third kappa shape index (κ3) is 6.46. The minimum Gasteiger partial charge on any atom is -0.481 e. The lowest BCUT2D eigenvalue weighted by molar-refractivity contribution is -0.140. The molecule has 1 rings (SSSR count). The highest BCUT2D eigenvalue weighted by Gasteiger charge is 2.25. The number of urea groups is 1. The fourth-order valence-corrected chi connectivity index (χ4v) is 2.61. The van der Waals surface area contributed by atoms with E-state index in [0.29, 0.717) is 5.92 Å². The van der Waals surface area contributed by atoms with Gasteiger partial charge in [-0.05, 0) is 31.6 Å². The van der Waals surface area contributed by atoms with Crippen LogP contribution in [-0.2, 0) is 9.59 Å². The molecule has 0 saturated heterocycles. The van der Waals surface area contributed by atoms with E-state index in [-0.39, 0.29) is 25.3 Å². The van der Waals surface area contributed by atoms with E-state index < -0.39 is 24.0 Å². The van der Waals surface area contributed by atoms with Gasteiger partial charge in [0.05, 0.1) is 0 Å². The number of hydrogen-bond acceptors (Lipinski definition) is 3. The van der Waals surface area contributed by atoms with Crippen LogP contribution in [0, 0.1) is 5.92 Å². The number of carboxylic acid groups (broad SMARTS) is 2. The van der Waals surface area contributed by atoms with Gasteiger partial charge < -0.3 is 20.8 Å². The van der Waals surface area contributed by atoms with Gasteiger partial charge in [-0.2, -0.15) is 0 Å². The predicted octanol–water partition coefficient (Wildman–Crippen LogP) is 1.57. The lowest BCUT2D eigenvalue weighted by atomic mass is 9.86. The van der Waals surface area contributed by atoms with Crippen molar-refractivity contribution in [2.45, 2.75) is 64.0 Å². The van der Waals surface area contributed by atoms with Crippen molar-refractivity contribution in [1.29, 1.82) is 0 Å². The van der Waals surface area contributed by atoms with Crippen LogP contribution in [0.3, 0.4) is 0 Å². The van der Waals surface area contributed by atoms with Gasteiger partial charge in [0, 0.05) is 12.5 Å². The van der Waals surface area contributed by atoms with E-state index in [4.69, 9.17) is 10.2 Å². The number of rotatable bonds is 7. The van der Waals surface area contributed by atoms with E-state index in [0.717, 1.165) is 25.7 Å². The van der Waals surface area contributed by atoms with Crippen molar-refractivity contribution in [3.63, 3.8) is 0 Å². The van der Waals surface area contributed by atoms with Crippen molar-refractivity contribution in [2.24, 2.45) is 5.92 Å². The van der Waals surface area contributed by atoms with Gasteiger partial charge >= 0.3 is 18.0 Å². The number of aliphatic carboxylic acids is 2. The minimum atomic E-state index is -1.15. The van der Waals surface area contributed by atoms with Crippen LogP contribution in [0.1, 0.15) is 51.9 Å². The molecule has 1 aliphatic rings. The van der Waals surface area contributed by atoms with Crippen LogP contribution >= 0.6 is 0 Å². The highest BCUT2D eigenvalue weighted by Crippen LogP contribution is 2.23. The third-order valence-electron chi connectivity index (χ3n) is 3.91. The Labute approximate surface area is 124 Å². The Bertz CT molecular complexity index is 386. The summed E-state index contributed by atoms with van der Waals surface area (Å²) >= 11 is 0. The van der Waals surface area contributed by atoms with Crippen LogP contribution in [-0.4, -0.2) is 40.3 Å². The molecule has 0 aromatic carbocycles. The molecule has 0 aromatic heterocycles. The number of amides is 2. The van der Waals surface area contributed by atoms with Crippen LogP contribution in [0.4, 0.5) is 4.79 Å². The number of hydrogen-bond donors (Lipinski definition) is 4. The third-order valence-corrected chi connectivity index (χ3v) is 3.91. The van der Waals surface area contributed by atoms with E-state index >= 15 is 0 Å². The first-order chi connectivity index (χ1) is 9.90. The molecule has 2 unspecified atom stereocenters. The van der Waals surface area contributed by atoms with Crippen molar-refractivity contribution in [3.05, 3.63) is 0 Å². The predicted molar refractivity (Wildman–Crippen MR) is 76.0 cm³/mol. The molecule has 1 aliphatic carbocycles. The second kappa shape index (κ2) is 8.49. The van der Waals surface area contributed by atoms with Gasteiger partial charge in [-0.1, -0.05) is 19.8 Å². The second-order valence-corrected chi connectivity index (χ2v) is 5.66. The maximum atomic E-state index is 11.9. The molecule has 120 valence electrons. The number of carbonyl (C=O) groups excluding carboxylic acids is 1. The molecule has 0 radical (unpaired) electrons. The molecule has 7 heteroatoms. The lowest BCUT2D eigenvalue weighted by Crippen LogP contribution is -2.51. The van der Waals surface area contributed by atoms with E-state index in [2.05, 4.69) is 17.6 Å². The normalized spacial score (nSPS) is 23.1. The number of carboxylic acids is 2. The van der Waals surface area contributed by atoms with Crippen molar-refractivity contribution in [1.82, 2.24) is 10.6 Å². The SMILES string of the molecule is CC1CCCCC1NC(=O)N[C@H](CCCC(=O)O)C(=O)O. The van der Waals surface area contributed by atoms with Gasteiger partial charge in [-0.15, -0.1) is 0 Å². The quantitative estimate of drug-likeness (QED) is 0.569. The summed E-state index contributed by atoms with van der Waals surface area (Å²) in [4.78, 5) is 33.4. The molecule has 0 bridgehead atoms. The molecule has 1 saturated carbocycles. The maximum Gasteiger partial charge on any atom is 0.326 e. The Morgan fingerprint density at radius 1 is 1.19 bits per heavy atom. The van der Waals surface area contributed by atoms with Gasteiger partial charge in [0.25, 0.3) is 0 Å². The van der Waals surface area contributed by atoms with Crippen LogP contribution in [0.15, 0.2) is 0 Å². The molecule has 4 N–H and O–H groups in total. The zero-order valence-electron chi connectivity index (χ0n) is 12.3. The number of nitrogens with one attached hydrogen (secondary N) is 2. The molecule has 0 spiro atoms. The Hall–Kier alpha value is -1.79. The van der Waals surface area contributed by atoms with Gasteiger partial charge in [0.2, 0.25) is 0 Å². The molecule has 21 heavy (non-hydrogen) atoms. The fraction of sp³-hybridized carbons (Fsp3) is 0.786. The first kappa shape index (κ1) is 17.3. The smallest absolute Gasteiger partial charge is 0.326 e. The maximum absolute atomic E-state index is 11.9. The topological polar surface area (TPSA) is 116 Å². The van der Waals surface area contributed by atoms with Gasteiger partial charge in [0.15, 0.2) is 0 Å². The highest BCUT2D eigenvalue weighted by molar-refractivity contribution is 5.82. The first-order valence-corrected chi connectivity index (χ1v) is 7.41.